The molecule has 0 amide bonds. The van der Waals surface area contributed by atoms with E-state index in [-0.39, 0.29) is 5.57 Å². The smallest absolute Gasteiger partial charge is 0.331 e. The Morgan fingerprint density at radius 2 is 2.17 bits per heavy atom. The van der Waals surface area contributed by atoms with E-state index in [0.717, 1.165) is 0 Å². The van der Waals surface area contributed by atoms with Crippen LogP contribution in [-0.2, 0) is 20.3 Å². The Bertz CT molecular complexity index is 222. The molecule has 2 unspecified atom stereocenters. The summed E-state index contributed by atoms with van der Waals surface area (Å²) in [5.41, 5.74) is 0.0768. The first-order valence-corrected chi connectivity index (χ1v) is 4.16. The van der Waals surface area contributed by atoms with Crippen molar-refractivity contribution in [2.24, 2.45) is 0 Å². The van der Waals surface area contributed by atoms with Gasteiger partial charge in [0.2, 0.25) is 0 Å². The molecule has 0 heterocycles. The van der Waals surface area contributed by atoms with E-state index >= 15 is 0 Å². The topological polar surface area (TPSA) is 83.8 Å². The molecule has 2 atom stereocenters. The third kappa shape index (κ3) is 5.00. The molecule has 0 aliphatic carbocycles. The van der Waals surface area contributed by atoms with Gasteiger partial charge in [-0.05, 0) is 19.9 Å². The van der Waals surface area contributed by atoms with E-state index < -0.39 is 23.4 Å². The van der Waals surface area contributed by atoms with Crippen LogP contribution < -0.4 is 0 Å². The minimum Gasteiger partial charge on any atom is -0.478 e. The van der Waals surface area contributed by atoms with Gasteiger partial charge in [-0.1, -0.05) is 0 Å². The molecule has 0 saturated heterocycles. The zero-order valence-corrected chi connectivity index (χ0v) is 7.50. The molecule has 0 rings (SSSR count). The van der Waals surface area contributed by atoms with Crippen molar-refractivity contribution in [1.82, 2.24) is 0 Å². The van der Waals surface area contributed by atoms with E-state index in [2.05, 4.69) is 4.18 Å². The van der Waals surface area contributed by atoms with E-state index in [4.69, 9.17) is 9.66 Å². The minimum atomic E-state index is -2.36. The lowest BCUT2D eigenvalue weighted by molar-refractivity contribution is -0.132. The highest BCUT2D eigenvalue weighted by Gasteiger charge is 2.06. The van der Waals surface area contributed by atoms with Crippen LogP contribution in [-0.4, -0.2) is 25.9 Å². The lowest BCUT2D eigenvalue weighted by Crippen LogP contribution is -2.09. The predicted octanol–water partition coefficient (Wildman–Crippen LogP) is 0.559. The number of carbonyl (C=O) groups is 1. The molecule has 70 valence electrons. The van der Waals surface area contributed by atoms with Gasteiger partial charge in [-0.2, -0.15) is 4.21 Å². The van der Waals surface area contributed by atoms with Crippen LogP contribution in [0, 0.1) is 0 Å². The van der Waals surface area contributed by atoms with Gasteiger partial charge in [0.1, 0.15) is 0 Å². The Morgan fingerprint density at radius 3 is 2.50 bits per heavy atom. The molecule has 0 saturated carbocycles. The van der Waals surface area contributed by atoms with E-state index in [9.17, 15) is 9.00 Å². The maximum atomic E-state index is 10.3. The first-order chi connectivity index (χ1) is 5.43. The van der Waals surface area contributed by atoms with Crippen LogP contribution in [0.2, 0.25) is 0 Å². The highest BCUT2D eigenvalue weighted by molar-refractivity contribution is 7.74. The fourth-order valence-electron chi connectivity index (χ4n) is 0.581. The highest BCUT2D eigenvalue weighted by atomic mass is 32.2. The summed E-state index contributed by atoms with van der Waals surface area (Å²) in [6, 6.07) is 0. The van der Waals surface area contributed by atoms with Crippen LogP contribution in [0.1, 0.15) is 13.8 Å². The van der Waals surface area contributed by atoms with Crippen LogP contribution in [0.5, 0.6) is 0 Å². The second-order valence-electron chi connectivity index (χ2n) is 2.17. The van der Waals surface area contributed by atoms with Crippen molar-refractivity contribution in [1.29, 1.82) is 0 Å². The predicted molar refractivity (Wildman–Crippen MR) is 42.7 cm³/mol. The highest BCUT2D eigenvalue weighted by Crippen LogP contribution is 2.00. The number of hydrogen-bond acceptors (Lipinski definition) is 3. The quantitative estimate of drug-likeness (QED) is 0.504. The molecule has 2 N–H and O–H groups in total. The third-order valence-corrected chi connectivity index (χ3v) is 1.52. The van der Waals surface area contributed by atoms with Crippen LogP contribution in [0.4, 0.5) is 0 Å². The van der Waals surface area contributed by atoms with Crippen molar-refractivity contribution in [2.45, 2.75) is 20.0 Å². The molecule has 0 aliphatic rings. The Kier molecular flexibility index (Phi) is 4.72. The average Bonchev–Trinajstić information content (AvgIpc) is 1.84. The maximum absolute atomic E-state index is 10.3. The largest absolute Gasteiger partial charge is 0.478 e. The lowest BCUT2D eigenvalue weighted by atomic mass is 10.2. The van der Waals surface area contributed by atoms with Crippen molar-refractivity contribution in [3.8, 4) is 0 Å². The van der Waals surface area contributed by atoms with E-state index in [1.54, 1.807) is 0 Å². The molecular weight excluding hydrogens is 184 g/mol. The summed E-state index contributed by atoms with van der Waals surface area (Å²) in [7, 11) is 0. The van der Waals surface area contributed by atoms with Crippen molar-refractivity contribution in [2.75, 3.05) is 0 Å². The lowest BCUT2D eigenvalue weighted by Gasteiger charge is -2.03. The number of carboxylic acid groups (broad SMARTS) is 1. The van der Waals surface area contributed by atoms with Gasteiger partial charge < -0.3 is 5.11 Å². The molecule has 0 bridgehead atoms. The van der Waals surface area contributed by atoms with Crippen LogP contribution in [0.15, 0.2) is 11.6 Å². The summed E-state index contributed by atoms with van der Waals surface area (Å²) in [5, 5.41) is 8.40. The molecule has 0 radical (unpaired) electrons. The molecule has 0 aliphatic heterocycles. The molecule has 0 spiro atoms. The molecule has 0 aromatic carbocycles. The van der Waals surface area contributed by atoms with Gasteiger partial charge in [0.05, 0.1) is 6.10 Å². The van der Waals surface area contributed by atoms with Crippen molar-refractivity contribution in [3.05, 3.63) is 11.6 Å². The van der Waals surface area contributed by atoms with Gasteiger partial charge in [-0.25, -0.2) is 4.79 Å². The Morgan fingerprint density at radius 1 is 1.67 bits per heavy atom. The SMILES string of the molecule is CC(=CC(C)OS(=O)O)C(=O)O. The number of hydrogen-bond donors (Lipinski definition) is 2. The van der Waals surface area contributed by atoms with E-state index in [0.29, 0.717) is 0 Å². The summed E-state index contributed by atoms with van der Waals surface area (Å²) < 4.78 is 22.7. The Hall–Kier alpha value is -0.720. The summed E-state index contributed by atoms with van der Waals surface area (Å²) in [4.78, 5) is 10.3. The average molecular weight is 194 g/mol. The second-order valence-corrected chi connectivity index (χ2v) is 2.80. The molecule has 0 aromatic rings. The normalized spacial score (nSPS) is 17.1. The standard InChI is InChI=1S/C6H10O5S/c1-4(6(7)8)3-5(2)11-12(9)10/h3,5H,1-2H3,(H,7,8)(H,9,10). The van der Waals surface area contributed by atoms with Crippen LogP contribution >= 0.6 is 0 Å². The van der Waals surface area contributed by atoms with Crippen molar-refractivity contribution < 1.29 is 22.8 Å². The summed E-state index contributed by atoms with van der Waals surface area (Å²) in [6.07, 6.45) is 0.558. The van der Waals surface area contributed by atoms with Gasteiger partial charge in [0.25, 0.3) is 0 Å². The van der Waals surface area contributed by atoms with Gasteiger partial charge in [-0.3, -0.25) is 8.74 Å². The summed E-state index contributed by atoms with van der Waals surface area (Å²) in [6.45, 7) is 2.85. The summed E-state index contributed by atoms with van der Waals surface area (Å²) >= 11 is -2.36. The molecule has 5 nitrogen and oxygen atoms in total. The van der Waals surface area contributed by atoms with Crippen LogP contribution in [0.25, 0.3) is 0 Å². The first-order valence-electron chi connectivity index (χ1n) is 3.13. The van der Waals surface area contributed by atoms with E-state index in [1.807, 2.05) is 0 Å². The second kappa shape index (κ2) is 5.02. The number of carboxylic acids is 1. The third-order valence-electron chi connectivity index (χ3n) is 1.06. The summed E-state index contributed by atoms with van der Waals surface area (Å²) in [5.74, 6) is -1.07. The molecule has 0 aromatic heterocycles. The van der Waals surface area contributed by atoms with Gasteiger partial charge in [0, 0.05) is 5.57 Å². The maximum Gasteiger partial charge on any atom is 0.331 e. The first kappa shape index (κ1) is 11.3. The van der Waals surface area contributed by atoms with Gasteiger partial charge in [-0.15, -0.1) is 0 Å². The monoisotopic (exact) mass is 194 g/mol. The van der Waals surface area contributed by atoms with Gasteiger partial charge in [0.15, 0.2) is 0 Å². The molecular formula is C6H10O5S. The zero-order valence-electron chi connectivity index (χ0n) is 6.68. The fraction of sp³-hybridized carbons (Fsp3) is 0.500. The Labute approximate surface area is 72.5 Å². The molecule has 12 heavy (non-hydrogen) atoms. The number of aliphatic carboxylic acids is 1. The number of rotatable bonds is 4. The van der Waals surface area contributed by atoms with Crippen molar-refractivity contribution >= 4 is 17.3 Å². The molecule has 0 fully saturated rings. The van der Waals surface area contributed by atoms with Crippen molar-refractivity contribution in [3.63, 3.8) is 0 Å². The van der Waals surface area contributed by atoms with E-state index in [1.165, 1.54) is 19.9 Å². The van der Waals surface area contributed by atoms with Crippen LogP contribution in [0.3, 0.4) is 0 Å². The minimum absolute atomic E-state index is 0.0768. The zero-order chi connectivity index (χ0) is 9.72. The fourth-order valence-corrected chi connectivity index (χ4v) is 0.896. The Balaban J connectivity index is 4.14. The van der Waals surface area contributed by atoms with Gasteiger partial charge >= 0.3 is 17.3 Å². The molecule has 6 heteroatoms.